The molecule has 0 spiro atoms. The van der Waals surface area contributed by atoms with Crippen LogP contribution in [0.2, 0.25) is 5.02 Å². The highest BCUT2D eigenvalue weighted by Crippen LogP contribution is 2.29. The van der Waals surface area contributed by atoms with E-state index >= 15 is 0 Å². The lowest BCUT2D eigenvalue weighted by Gasteiger charge is -2.09. The lowest BCUT2D eigenvalue weighted by atomic mass is 10.2. The molecule has 0 aliphatic rings. The van der Waals surface area contributed by atoms with E-state index in [0.717, 1.165) is 11.5 Å². The van der Waals surface area contributed by atoms with Crippen molar-refractivity contribution in [3.05, 3.63) is 57.7 Å². The Morgan fingerprint density at radius 1 is 1.26 bits per heavy atom. The molecule has 0 saturated carbocycles. The van der Waals surface area contributed by atoms with Gasteiger partial charge in [0.2, 0.25) is 0 Å². The van der Waals surface area contributed by atoms with Gasteiger partial charge in [0.25, 0.3) is 15.7 Å². The van der Waals surface area contributed by atoms with Crippen molar-refractivity contribution in [1.82, 2.24) is 10.2 Å². The van der Waals surface area contributed by atoms with Crippen molar-refractivity contribution >= 4 is 43.9 Å². The number of sulfonamides is 1. The van der Waals surface area contributed by atoms with E-state index in [0.29, 0.717) is 5.52 Å². The number of rotatable bonds is 4. The first-order valence-electron chi connectivity index (χ1n) is 6.27. The van der Waals surface area contributed by atoms with Gasteiger partial charge in [-0.15, -0.1) is 0 Å². The summed E-state index contributed by atoms with van der Waals surface area (Å²) in [5, 5.41) is 18.0. The molecule has 0 atom stereocenters. The summed E-state index contributed by atoms with van der Waals surface area (Å²) in [6.07, 6.45) is 1.56. The highest BCUT2D eigenvalue weighted by Gasteiger charge is 2.21. The number of halogens is 1. The molecule has 0 amide bonds. The minimum Gasteiger partial charge on any atom is -0.277 e. The summed E-state index contributed by atoms with van der Waals surface area (Å²) in [5.41, 5.74) is 0.325. The lowest BCUT2D eigenvalue weighted by Crippen LogP contribution is -2.13. The Kier molecular flexibility index (Phi) is 3.66. The second-order valence-electron chi connectivity index (χ2n) is 4.62. The summed E-state index contributed by atoms with van der Waals surface area (Å²) < 4.78 is 27.3. The first-order chi connectivity index (χ1) is 10.9. The molecule has 1 heterocycles. The number of para-hydroxylation sites is 1. The molecule has 3 rings (SSSR count). The van der Waals surface area contributed by atoms with Crippen molar-refractivity contribution in [3.8, 4) is 0 Å². The van der Waals surface area contributed by atoms with E-state index < -0.39 is 20.6 Å². The third-order valence-corrected chi connectivity index (χ3v) is 4.83. The van der Waals surface area contributed by atoms with Crippen LogP contribution in [0.3, 0.4) is 0 Å². The second-order valence-corrected chi connectivity index (χ2v) is 6.71. The van der Waals surface area contributed by atoms with Gasteiger partial charge in [0, 0.05) is 11.5 Å². The summed E-state index contributed by atoms with van der Waals surface area (Å²) in [6.45, 7) is 0. The van der Waals surface area contributed by atoms with Crippen LogP contribution in [0.25, 0.3) is 10.9 Å². The number of anilines is 1. The Balaban J connectivity index is 2.04. The van der Waals surface area contributed by atoms with E-state index in [2.05, 4.69) is 14.9 Å². The molecule has 0 bridgehead atoms. The maximum absolute atomic E-state index is 12.4. The fourth-order valence-electron chi connectivity index (χ4n) is 2.06. The van der Waals surface area contributed by atoms with Crippen molar-refractivity contribution in [1.29, 1.82) is 0 Å². The Labute approximate surface area is 135 Å². The van der Waals surface area contributed by atoms with Gasteiger partial charge in [0.15, 0.2) is 0 Å². The highest BCUT2D eigenvalue weighted by atomic mass is 35.5. The third kappa shape index (κ3) is 2.83. The van der Waals surface area contributed by atoms with Gasteiger partial charge < -0.3 is 0 Å². The van der Waals surface area contributed by atoms with Gasteiger partial charge >= 0.3 is 0 Å². The Hall–Kier alpha value is -2.65. The summed E-state index contributed by atoms with van der Waals surface area (Å²) in [6, 6.07) is 8.28. The summed E-state index contributed by atoms with van der Waals surface area (Å²) in [7, 11) is -4.02. The highest BCUT2D eigenvalue weighted by molar-refractivity contribution is 7.92. The minimum absolute atomic E-state index is 0.135. The van der Waals surface area contributed by atoms with Crippen molar-refractivity contribution in [3.63, 3.8) is 0 Å². The molecule has 2 N–H and O–H groups in total. The lowest BCUT2D eigenvalue weighted by molar-refractivity contribution is -0.384. The Morgan fingerprint density at radius 3 is 2.78 bits per heavy atom. The van der Waals surface area contributed by atoms with Crippen LogP contribution in [-0.4, -0.2) is 23.5 Å². The molecular weight excluding hydrogens is 344 g/mol. The number of hydrogen-bond donors (Lipinski definition) is 2. The zero-order valence-corrected chi connectivity index (χ0v) is 12.9. The first kappa shape index (κ1) is 15.3. The number of nitro benzene ring substituents is 1. The maximum atomic E-state index is 12.4. The van der Waals surface area contributed by atoms with Gasteiger partial charge in [-0.2, -0.15) is 5.10 Å². The van der Waals surface area contributed by atoms with Crippen molar-refractivity contribution < 1.29 is 13.3 Å². The predicted molar refractivity (Wildman–Crippen MR) is 85.0 cm³/mol. The van der Waals surface area contributed by atoms with E-state index in [1.807, 2.05) is 0 Å². The molecule has 3 aromatic rings. The van der Waals surface area contributed by atoms with Crippen molar-refractivity contribution in [2.75, 3.05) is 4.72 Å². The number of hydrogen-bond acceptors (Lipinski definition) is 5. The molecule has 8 nitrogen and oxygen atoms in total. The van der Waals surface area contributed by atoms with Crippen molar-refractivity contribution in [2.45, 2.75) is 4.90 Å². The monoisotopic (exact) mass is 352 g/mol. The normalized spacial score (nSPS) is 11.5. The van der Waals surface area contributed by atoms with Crippen LogP contribution in [-0.2, 0) is 10.0 Å². The standard InChI is InChI=1S/C13H9ClN4O4S/c14-10-5-4-9(6-12(10)18(19)20)23(21,22)17-11-3-1-2-8-7-15-16-13(8)11/h1-7,17H,(H,15,16). The largest absolute Gasteiger partial charge is 0.289 e. The van der Waals surface area contributed by atoms with E-state index in [1.54, 1.807) is 24.4 Å². The predicted octanol–water partition coefficient (Wildman–Crippen LogP) is 2.93. The summed E-state index contributed by atoms with van der Waals surface area (Å²) in [4.78, 5) is 9.89. The second kappa shape index (κ2) is 5.52. The zero-order chi connectivity index (χ0) is 16.6. The fraction of sp³-hybridized carbons (Fsp3) is 0. The first-order valence-corrected chi connectivity index (χ1v) is 8.13. The van der Waals surface area contributed by atoms with Crippen LogP contribution in [0.1, 0.15) is 0 Å². The van der Waals surface area contributed by atoms with Crippen LogP contribution in [0.15, 0.2) is 47.5 Å². The quantitative estimate of drug-likeness (QED) is 0.552. The number of nitrogens with one attached hydrogen (secondary N) is 2. The van der Waals surface area contributed by atoms with Crippen LogP contribution < -0.4 is 4.72 Å². The molecule has 118 valence electrons. The van der Waals surface area contributed by atoms with Crippen LogP contribution in [0, 0.1) is 10.1 Å². The average Bonchev–Trinajstić information content (AvgIpc) is 2.96. The fourth-order valence-corrected chi connectivity index (χ4v) is 3.34. The van der Waals surface area contributed by atoms with E-state index in [9.17, 15) is 18.5 Å². The topological polar surface area (TPSA) is 118 Å². The number of aromatic amines is 1. The number of benzene rings is 2. The molecule has 0 saturated heterocycles. The zero-order valence-electron chi connectivity index (χ0n) is 11.4. The van der Waals surface area contributed by atoms with Gasteiger partial charge in [-0.1, -0.05) is 23.7 Å². The summed E-state index contributed by atoms with van der Waals surface area (Å²) in [5.74, 6) is 0. The Morgan fingerprint density at radius 2 is 2.04 bits per heavy atom. The molecule has 10 heteroatoms. The van der Waals surface area contributed by atoms with Crippen molar-refractivity contribution in [2.24, 2.45) is 0 Å². The molecule has 0 aliphatic heterocycles. The van der Waals surface area contributed by atoms with Gasteiger partial charge in [-0.05, 0) is 18.2 Å². The Bertz CT molecular complexity index is 1020. The molecule has 2 aromatic carbocycles. The average molecular weight is 353 g/mol. The maximum Gasteiger partial charge on any atom is 0.289 e. The molecule has 0 aliphatic carbocycles. The molecule has 0 fully saturated rings. The summed E-state index contributed by atoms with van der Waals surface area (Å²) >= 11 is 5.69. The van der Waals surface area contributed by atoms with Gasteiger partial charge in [-0.25, -0.2) is 8.42 Å². The van der Waals surface area contributed by atoms with Gasteiger partial charge in [-0.3, -0.25) is 19.9 Å². The number of nitrogens with zero attached hydrogens (tertiary/aromatic N) is 2. The van der Waals surface area contributed by atoms with E-state index in [4.69, 9.17) is 11.6 Å². The number of H-pyrrole nitrogens is 1. The minimum atomic E-state index is -4.02. The van der Waals surface area contributed by atoms with Gasteiger partial charge in [0.1, 0.15) is 5.02 Å². The molecule has 23 heavy (non-hydrogen) atoms. The number of aromatic nitrogens is 2. The van der Waals surface area contributed by atoms with Crippen LogP contribution in [0.5, 0.6) is 0 Å². The van der Waals surface area contributed by atoms with Gasteiger partial charge in [0.05, 0.1) is 27.2 Å². The molecule has 0 unspecified atom stereocenters. The smallest absolute Gasteiger partial charge is 0.277 e. The molecule has 0 radical (unpaired) electrons. The van der Waals surface area contributed by atoms with Crippen LogP contribution >= 0.6 is 11.6 Å². The third-order valence-electron chi connectivity index (χ3n) is 3.15. The number of nitro groups is 1. The van der Waals surface area contributed by atoms with Crippen LogP contribution in [0.4, 0.5) is 11.4 Å². The molecule has 1 aromatic heterocycles. The molecular formula is C13H9ClN4O4S. The van der Waals surface area contributed by atoms with E-state index in [1.165, 1.54) is 12.1 Å². The SMILES string of the molecule is O=[N+]([O-])c1cc(S(=O)(=O)Nc2cccc3cn[nH]c23)ccc1Cl. The van der Waals surface area contributed by atoms with E-state index in [-0.39, 0.29) is 15.6 Å². The number of fused-ring (bicyclic) bond motifs is 1.